The molecule has 0 aliphatic carbocycles. The lowest BCUT2D eigenvalue weighted by Crippen LogP contribution is -2.19. The third kappa shape index (κ3) is 3.21. The zero-order valence-electron chi connectivity index (χ0n) is 12.5. The SMILES string of the molecule is CN(C)c1ccc(Nc2nncc(N3CCCC3)n2)cc1. The van der Waals surface area contributed by atoms with Crippen LogP contribution in [0.3, 0.4) is 0 Å². The van der Waals surface area contributed by atoms with Gasteiger partial charge < -0.3 is 15.1 Å². The van der Waals surface area contributed by atoms with E-state index in [4.69, 9.17) is 0 Å². The van der Waals surface area contributed by atoms with Gasteiger partial charge in [0.15, 0.2) is 5.82 Å². The van der Waals surface area contributed by atoms with Crippen LogP contribution in [0.1, 0.15) is 12.8 Å². The molecule has 2 heterocycles. The summed E-state index contributed by atoms with van der Waals surface area (Å²) >= 11 is 0. The minimum absolute atomic E-state index is 0.539. The molecule has 0 spiro atoms. The second-order valence-electron chi connectivity index (χ2n) is 5.40. The van der Waals surface area contributed by atoms with Crippen molar-refractivity contribution in [1.82, 2.24) is 15.2 Å². The average molecular weight is 284 g/mol. The molecule has 1 N–H and O–H groups in total. The van der Waals surface area contributed by atoms with E-state index in [0.717, 1.165) is 30.3 Å². The molecule has 0 bridgehead atoms. The Bertz CT molecular complexity index is 589. The second kappa shape index (κ2) is 5.95. The minimum Gasteiger partial charge on any atom is -0.378 e. The van der Waals surface area contributed by atoms with Crippen molar-refractivity contribution in [3.8, 4) is 0 Å². The number of rotatable bonds is 4. The highest BCUT2D eigenvalue weighted by Gasteiger charge is 2.14. The maximum atomic E-state index is 4.54. The number of hydrogen-bond donors (Lipinski definition) is 1. The van der Waals surface area contributed by atoms with Crippen LogP contribution in [0.15, 0.2) is 30.5 Å². The van der Waals surface area contributed by atoms with Crippen LogP contribution < -0.4 is 15.1 Å². The van der Waals surface area contributed by atoms with E-state index < -0.39 is 0 Å². The molecule has 1 saturated heterocycles. The average Bonchev–Trinajstić information content (AvgIpc) is 3.02. The van der Waals surface area contributed by atoms with Gasteiger partial charge in [0.05, 0.1) is 6.20 Å². The number of aromatic nitrogens is 3. The van der Waals surface area contributed by atoms with Gasteiger partial charge in [0.1, 0.15) is 0 Å². The Hall–Kier alpha value is -2.37. The molecule has 0 radical (unpaired) electrons. The first-order valence-electron chi connectivity index (χ1n) is 7.21. The zero-order valence-corrected chi connectivity index (χ0v) is 12.5. The predicted octanol–water partition coefficient (Wildman–Crippen LogP) is 2.28. The van der Waals surface area contributed by atoms with Crippen molar-refractivity contribution in [2.45, 2.75) is 12.8 Å². The summed E-state index contributed by atoms with van der Waals surface area (Å²) in [7, 11) is 4.05. The number of nitrogens with zero attached hydrogens (tertiary/aromatic N) is 5. The van der Waals surface area contributed by atoms with Gasteiger partial charge in [-0.05, 0) is 37.1 Å². The second-order valence-corrected chi connectivity index (χ2v) is 5.40. The first-order chi connectivity index (χ1) is 10.2. The highest BCUT2D eigenvalue weighted by atomic mass is 15.3. The predicted molar refractivity (Wildman–Crippen MR) is 85.3 cm³/mol. The van der Waals surface area contributed by atoms with E-state index in [0.29, 0.717) is 5.95 Å². The lowest BCUT2D eigenvalue weighted by molar-refractivity contribution is 0.890. The minimum atomic E-state index is 0.539. The van der Waals surface area contributed by atoms with Crippen molar-refractivity contribution in [3.05, 3.63) is 30.5 Å². The highest BCUT2D eigenvalue weighted by Crippen LogP contribution is 2.20. The van der Waals surface area contributed by atoms with Crippen LogP contribution in [-0.2, 0) is 0 Å². The Kier molecular flexibility index (Phi) is 3.85. The molecule has 1 aliphatic heterocycles. The topological polar surface area (TPSA) is 57.2 Å². The van der Waals surface area contributed by atoms with Crippen LogP contribution in [0.25, 0.3) is 0 Å². The fourth-order valence-electron chi connectivity index (χ4n) is 2.42. The van der Waals surface area contributed by atoms with Crippen molar-refractivity contribution in [2.75, 3.05) is 42.3 Å². The van der Waals surface area contributed by atoms with Crippen LogP contribution in [0.2, 0.25) is 0 Å². The van der Waals surface area contributed by atoms with Gasteiger partial charge in [-0.15, -0.1) is 5.10 Å². The first-order valence-corrected chi connectivity index (χ1v) is 7.21. The highest BCUT2D eigenvalue weighted by molar-refractivity contribution is 5.59. The van der Waals surface area contributed by atoms with Gasteiger partial charge in [0.2, 0.25) is 5.95 Å². The molecule has 1 aliphatic rings. The number of nitrogens with one attached hydrogen (secondary N) is 1. The molecule has 1 aromatic carbocycles. The lowest BCUT2D eigenvalue weighted by atomic mass is 10.2. The van der Waals surface area contributed by atoms with E-state index in [-0.39, 0.29) is 0 Å². The Morgan fingerprint density at radius 3 is 2.48 bits per heavy atom. The van der Waals surface area contributed by atoms with Crippen molar-refractivity contribution in [2.24, 2.45) is 0 Å². The van der Waals surface area contributed by atoms with E-state index in [1.807, 2.05) is 26.2 Å². The largest absolute Gasteiger partial charge is 0.378 e. The Labute approximate surface area is 124 Å². The van der Waals surface area contributed by atoms with E-state index >= 15 is 0 Å². The van der Waals surface area contributed by atoms with Crippen LogP contribution in [-0.4, -0.2) is 42.4 Å². The first kappa shape index (κ1) is 13.6. The normalized spacial score (nSPS) is 14.3. The molecule has 6 heteroatoms. The van der Waals surface area contributed by atoms with Crippen LogP contribution >= 0.6 is 0 Å². The van der Waals surface area contributed by atoms with Gasteiger partial charge in [-0.2, -0.15) is 10.1 Å². The summed E-state index contributed by atoms with van der Waals surface area (Å²) in [5, 5.41) is 11.3. The summed E-state index contributed by atoms with van der Waals surface area (Å²) in [6.45, 7) is 2.10. The molecule has 0 unspecified atom stereocenters. The Balaban J connectivity index is 1.73. The summed E-state index contributed by atoms with van der Waals surface area (Å²) in [6, 6.07) is 8.14. The molecule has 6 nitrogen and oxygen atoms in total. The van der Waals surface area contributed by atoms with Crippen molar-refractivity contribution >= 4 is 23.1 Å². The van der Waals surface area contributed by atoms with Gasteiger partial charge in [-0.25, -0.2) is 0 Å². The standard InChI is InChI=1S/C15H20N6/c1-20(2)13-7-5-12(6-8-13)17-15-18-14(11-16-19-15)21-9-3-4-10-21/h5-8,11H,3-4,9-10H2,1-2H3,(H,17,18,19). The molecule has 1 aromatic heterocycles. The van der Waals surface area contributed by atoms with Gasteiger partial charge in [-0.3, -0.25) is 0 Å². The number of anilines is 4. The van der Waals surface area contributed by atoms with Gasteiger partial charge in [-0.1, -0.05) is 0 Å². The van der Waals surface area contributed by atoms with Gasteiger partial charge in [0.25, 0.3) is 0 Å². The molecule has 0 amide bonds. The van der Waals surface area contributed by atoms with E-state index in [1.165, 1.54) is 12.8 Å². The molecular weight excluding hydrogens is 264 g/mol. The smallest absolute Gasteiger partial charge is 0.249 e. The van der Waals surface area contributed by atoms with Crippen molar-refractivity contribution in [1.29, 1.82) is 0 Å². The molecule has 0 atom stereocenters. The van der Waals surface area contributed by atoms with Crippen molar-refractivity contribution in [3.63, 3.8) is 0 Å². The number of hydrogen-bond acceptors (Lipinski definition) is 6. The maximum Gasteiger partial charge on any atom is 0.249 e. The quantitative estimate of drug-likeness (QED) is 0.929. The fraction of sp³-hybridized carbons (Fsp3) is 0.400. The van der Waals surface area contributed by atoms with E-state index in [9.17, 15) is 0 Å². The van der Waals surface area contributed by atoms with Crippen molar-refractivity contribution < 1.29 is 0 Å². The molecule has 21 heavy (non-hydrogen) atoms. The molecule has 0 saturated carbocycles. The molecule has 110 valence electrons. The van der Waals surface area contributed by atoms with E-state index in [2.05, 4.69) is 42.4 Å². The monoisotopic (exact) mass is 284 g/mol. The summed E-state index contributed by atoms with van der Waals surface area (Å²) in [4.78, 5) is 8.85. The Morgan fingerprint density at radius 1 is 1.10 bits per heavy atom. The third-order valence-electron chi connectivity index (χ3n) is 3.62. The Morgan fingerprint density at radius 2 is 1.81 bits per heavy atom. The zero-order chi connectivity index (χ0) is 14.7. The molecule has 2 aromatic rings. The molecule has 3 rings (SSSR count). The van der Waals surface area contributed by atoms with E-state index in [1.54, 1.807) is 6.20 Å². The summed E-state index contributed by atoms with van der Waals surface area (Å²) in [6.07, 6.45) is 4.17. The van der Waals surface area contributed by atoms with Crippen LogP contribution in [0.4, 0.5) is 23.1 Å². The molecular formula is C15H20N6. The number of benzene rings is 1. The summed E-state index contributed by atoms with van der Waals surface area (Å²) < 4.78 is 0. The lowest BCUT2D eigenvalue weighted by Gasteiger charge is -2.16. The van der Waals surface area contributed by atoms with Gasteiger partial charge in [0, 0.05) is 38.6 Å². The summed E-state index contributed by atoms with van der Waals surface area (Å²) in [5.41, 5.74) is 2.12. The van der Waals surface area contributed by atoms with Crippen LogP contribution in [0, 0.1) is 0 Å². The third-order valence-corrected chi connectivity index (χ3v) is 3.62. The molecule has 1 fully saturated rings. The van der Waals surface area contributed by atoms with Gasteiger partial charge >= 0.3 is 0 Å². The maximum absolute atomic E-state index is 4.54. The fourth-order valence-corrected chi connectivity index (χ4v) is 2.42. The summed E-state index contributed by atoms with van der Waals surface area (Å²) in [5.74, 6) is 1.44. The van der Waals surface area contributed by atoms with Crippen LogP contribution in [0.5, 0.6) is 0 Å².